The second kappa shape index (κ2) is 8.34. The number of carbonyl (C=O) groups excluding carboxylic acids is 1. The normalized spacial score (nSPS) is 17.9. The minimum absolute atomic E-state index is 0. The van der Waals surface area contributed by atoms with Crippen LogP contribution in [-0.2, 0) is 11.3 Å². The largest absolute Gasteiger partial charge is 0.325 e. The van der Waals surface area contributed by atoms with Crippen molar-refractivity contribution in [2.24, 2.45) is 5.73 Å². The van der Waals surface area contributed by atoms with Gasteiger partial charge in [0.15, 0.2) is 0 Å². The van der Waals surface area contributed by atoms with Gasteiger partial charge in [-0.25, -0.2) is 0 Å². The van der Waals surface area contributed by atoms with Gasteiger partial charge in [-0.1, -0.05) is 12.1 Å². The highest BCUT2D eigenvalue weighted by atomic mass is 35.5. The van der Waals surface area contributed by atoms with Crippen molar-refractivity contribution in [3.05, 3.63) is 29.8 Å². The third kappa shape index (κ3) is 5.63. The Kier molecular flexibility index (Phi) is 7.11. The van der Waals surface area contributed by atoms with Crippen molar-refractivity contribution < 1.29 is 4.79 Å². The van der Waals surface area contributed by atoms with Gasteiger partial charge < -0.3 is 16.0 Å². The summed E-state index contributed by atoms with van der Waals surface area (Å²) >= 11 is 0. The van der Waals surface area contributed by atoms with Crippen molar-refractivity contribution >= 4 is 24.0 Å². The summed E-state index contributed by atoms with van der Waals surface area (Å²) in [6.07, 6.45) is 0. The molecule has 5 nitrogen and oxygen atoms in total. The second-order valence-electron chi connectivity index (χ2n) is 5.56. The molecule has 1 aliphatic heterocycles. The van der Waals surface area contributed by atoms with Crippen LogP contribution in [0.3, 0.4) is 0 Å². The lowest BCUT2D eigenvalue weighted by molar-refractivity contribution is -0.117. The van der Waals surface area contributed by atoms with Gasteiger partial charge in [0, 0.05) is 38.4 Å². The van der Waals surface area contributed by atoms with Crippen LogP contribution >= 0.6 is 12.4 Å². The fraction of sp³-hybridized carbons (Fsp3) is 0.533. The van der Waals surface area contributed by atoms with Crippen LogP contribution in [0.1, 0.15) is 12.5 Å². The fourth-order valence-corrected chi connectivity index (χ4v) is 2.27. The second-order valence-corrected chi connectivity index (χ2v) is 5.56. The molecule has 1 saturated heterocycles. The Morgan fingerprint density at radius 1 is 1.33 bits per heavy atom. The molecule has 1 amide bonds. The van der Waals surface area contributed by atoms with Crippen LogP contribution in [0.4, 0.5) is 5.69 Å². The third-order valence-corrected chi connectivity index (χ3v) is 3.61. The number of nitrogens with two attached hydrogens (primary N) is 1. The topological polar surface area (TPSA) is 61.6 Å². The molecule has 0 aromatic heterocycles. The van der Waals surface area contributed by atoms with Gasteiger partial charge in [0.2, 0.25) is 5.91 Å². The predicted octanol–water partition coefficient (Wildman–Crippen LogP) is 1.14. The summed E-state index contributed by atoms with van der Waals surface area (Å²) in [4.78, 5) is 16.4. The molecule has 1 atom stereocenters. The lowest BCUT2D eigenvalue weighted by Gasteiger charge is -2.32. The standard InChI is InChI=1S/C15H24N4O.ClH/c1-12(16)15(20)17-14-5-3-4-13(10-14)11-19-8-6-18(2)7-9-19;/h3-5,10,12H,6-9,11,16H2,1-2H3,(H,17,20);1H. The van der Waals surface area contributed by atoms with E-state index in [0.29, 0.717) is 0 Å². The minimum atomic E-state index is -0.490. The van der Waals surface area contributed by atoms with Crippen LogP contribution in [0.2, 0.25) is 0 Å². The summed E-state index contributed by atoms with van der Waals surface area (Å²) in [5.74, 6) is -0.151. The highest BCUT2D eigenvalue weighted by Crippen LogP contribution is 2.14. The molecule has 1 fully saturated rings. The maximum Gasteiger partial charge on any atom is 0.240 e. The molecule has 0 bridgehead atoms. The Morgan fingerprint density at radius 2 is 2.00 bits per heavy atom. The Bertz CT molecular complexity index is 459. The van der Waals surface area contributed by atoms with Crippen molar-refractivity contribution in [1.82, 2.24) is 9.80 Å². The summed E-state index contributed by atoms with van der Waals surface area (Å²) < 4.78 is 0. The predicted molar refractivity (Wildman–Crippen MR) is 88.7 cm³/mol. The quantitative estimate of drug-likeness (QED) is 0.875. The van der Waals surface area contributed by atoms with Gasteiger partial charge >= 0.3 is 0 Å². The van der Waals surface area contributed by atoms with Gasteiger partial charge in [-0.15, -0.1) is 12.4 Å². The van der Waals surface area contributed by atoms with Crippen molar-refractivity contribution in [2.45, 2.75) is 19.5 Å². The highest BCUT2D eigenvalue weighted by Gasteiger charge is 2.14. The van der Waals surface area contributed by atoms with Crippen molar-refractivity contribution in [3.8, 4) is 0 Å². The number of rotatable bonds is 4. The summed E-state index contributed by atoms with van der Waals surface area (Å²) in [5.41, 5.74) is 7.60. The lowest BCUT2D eigenvalue weighted by Crippen LogP contribution is -2.43. The highest BCUT2D eigenvalue weighted by molar-refractivity contribution is 5.94. The molecule has 6 heteroatoms. The van der Waals surface area contributed by atoms with E-state index < -0.39 is 6.04 Å². The number of piperazine rings is 1. The maximum absolute atomic E-state index is 11.6. The molecule has 21 heavy (non-hydrogen) atoms. The van der Waals surface area contributed by atoms with Gasteiger partial charge in [-0.2, -0.15) is 0 Å². The first kappa shape index (κ1) is 17.9. The van der Waals surface area contributed by atoms with Crippen molar-refractivity contribution in [2.75, 3.05) is 38.5 Å². The molecule has 118 valence electrons. The number of hydrogen-bond donors (Lipinski definition) is 2. The van der Waals surface area contributed by atoms with E-state index in [9.17, 15) is 4.79 Å². The first-order chi connectivity index (χ1) is 9.54. The molecule has 0 spiro atoms. The molecule has 2 rings (SSSR count). The Hall–Kier alpha value is -1.14. The van der Waals surface area contributed by atoms with Gasteiger partial charge in [0.1, 0.15) is 0 Å². The average molecular weight is 313 g/mol. The van der Waals surface area contributed by atoms with Crippen molar-refractivity contribution in [3.63, 3.8) is 0 Å². The van der Waals surface area contributed by atoms with E-state index in [1.807, 2.05) is 18.2 Å². The molecule has 1 unspecified atom stereocenters. The monoisotopic (exact) mass is 312 g/mol. The summed E-state index contributed by atoms with van der Waals surface area (Å²) in [6, 6.07) is 7.50. The number of benzene rings is 1. The number of halogens is 1. The van der Waals surface area contributed by atoms with Crippen LogP contribution in [0.15, 0.2) is 24.3 Å². The molecular weight excluding hydrogens is 288 g/mol. The SMILES string of the molecule is CC(N)C(=O)Nc1cccc(CN2CCN(C)CC2)c1.Cl. The number of likely N-dealkylation sites (N-methyl/N-ethyl adjacent to an activating group) is 1. The number of amides is 1. The smallest absolute Gasteiger partial charge is 0.240 e. The van der Waals surface area contributed by atoms with Crippen LogP contribution in [-0.4, -0.2) is 55.0 Å². The van der Waals surface area contributed by atoms with Gasteiger partial charge in [-0.05, 0) is 31.7 Å². The molecule has 1 aromatic carbocycles. The first-order valence-electron chi connectivity index (χ1n) is 7.11. The molecule has 0 saturated carbocycles. The van der Waals surface area contributed by atoms with Gasteiger partial charge in [0.25, 0.3) is 0 Å². The Labute approximate surface area is 132 Å². The fourth-order valence-electron chi connectivity index (χ4n) is 2.27. The van der Waals surface area contributed by atoms with E-state index in [1.54, 1.807) is 6.92 Å². The van der Waals surface area contributed by atoms with Crippen LogP contribution in [0, 0.1) is 0 Å². The maximum atomic E-state index is 11.6. The Balaban J connectivity index is 0.00000220. The number of hydrogen-bond acceptors (Lipinski definition) is 4. The molecule has 0 aliphatic carbocycles. The van der Waals surface area contributed by atoms with E-state index in [2.05, 4.69) is 28.2 Å². The van der Waals surface area contributed by atoms with E-state index in [4.69, 9.17) is 5.73 Å². The number of nitrogens with zero attached hydrogens (tertiary/aromatic N) is 2. The number of nitrogens with one attached hydrogen (secondary N) is 1. The minimum Gasteiger partial charge on any atom is -0.325 e. The number of anilines is 1. The van der Waals surface area contributed by atoms with Gasteiger partial charge in [-0.3, -0.25) is 9.69 Å². The average Bonchev–Trinajstić information content (AvgIpc) is 2.42. The van der Waals surface area contributed by atoms with Crippen molar-refractivity contribution in [1.29, 1.82) is 0 Å². The number of carbonyl (C=O) groups is 1. The molecule has 1 aliphatic rings. The van der Waals surface area contributed by atoms with Gasteiger partial charge in [0.05, 0.1) is 6.04 Å². The molecule has 1 heterocycles. The van der Waals surface area contributed by atoms with E-state index in [1.165, 1.54) is 5.56 Å². The summed E-state index contributed by atoms with van der Waals surface area (Å²) in [5, 5.41) is 2.84. The molecule has 1 aromatic rings. The third-order valence-electron chi connectivity index (χ3n) is 3.61. The zero-order valence-corrected chi connectivity index (χ0v) is 13.5. The van der Waals surface area contributed by atoms with Crippen LogP contribution in [0.5, 0.6) is 0 Å². The lowest BCUT2D eigenvalue weighted by atomic mass is 10.1. The van der Waals surface area contributed by atoms with Crippen LogP contribution in [0.25, 0.3) is 0 Å². The van der Waals surface area contributed by atoms with E-state index >= 15 is 0 Å². The summed E-state index contributed by atoms with van der Waals surface area (Å²) in [6.45, 7) is 7.02. The zero-order valence-electron chi connectivity index (χ0n) is 12.7. The van der Waals surface area contributed by atoms with E-state index in [-0.39, 0.29) is 18.3 Å². The van der Waals surface area contributed by atoms with E-state index in [0.717, 1.165) is 38.4 Å². The molecule has 0 radical (unpaired) electrons. The zero-order chi connectivity index (χ0) is 14.5. The first-order valence-corrected chi connectivity index (χ1v) is 7.11. The summed E-state index contributed by atoms with van der Waals surface area (Å²) in [7, 11) is 2.15. The van der Waals surface area contributed by atoms with Crippen LogP contribution < -0.4 is 11.1 Å². The Morgan fingerprint density at radius 3 is 2.62 bits per heavy atom. The molecule has 3 N–H and O–H groups in total. The molecular formula is C15H25ClN4O.